The van der Waals surface area contributed by atoms with E-state index >= 15 is 0 Å². The van der Waals surface area contributed by atoms with Crippen molar-refractivity contribution in [3.05, 3.63) is 59.7 Å². The molecule has 2 N–H and O–H groups in total. The highest BCUT2D eigenvalue weighted by Crippen LogP contribution is 2.23. The van der Waals surface area contributed by atoms with Gasteiger partial charge in [-0.1, -0.05) is 42.0 Å². The monoisotopic (exact) mass is 300 g/mol. The van der Waals surface area contributed by atoms with Gasteiger partial charge < -0.3 is 15.4 Å². The first-order valence-electron chi connectivity index (χ1n) is 6.87. The van der Waals surface area contributed by atoms with E-state index in [2.05, 4.69) is 48.7 Å². The number of aryl methyl sites for hydroxylation is 1. The molecule has 0 saturated heterocycles. The quantitative estimate of drug-likeness (QED) is 0.835. The molecule has 2 aromatic carbocycles. The third-order valence-electron chi connectivity index (χ3n) is 3.28. The molecule has 0 aromatic heterocycles. The molecule has 0 spiro atoms. The number of hydrogen-bond acceptors (Lipinski definition) is 2. The van der Waals surface area contributed by atoms with Crippen LogP contribution in [0.3, 0.4) is 0 Å². The normalized spacial score (nSPS) is 11.6. The Hall–Kier alpha value is -2.07. The van der Waals surface area contributed by atoms with Crippen LogP contribution in [0.2, 0.25) is 0 Å². The number of rotatable bonds is 4. The molecule has 2 aromatic rings. The Bertz CT molecular complexity index is 610. The fourth-order valence-electron chi connectivity index (χ4n) is 2.04. The van der Waals surface area contributed by atoms with E-state index in [1.54, 1.807) is 7.11 Å². The first kappa shape index (κ1) is 15.3. The summed E-state index contributed by atoms with van der Waals surface area (Å²) in [7, 11) is 1.64. The molecule has 0 amide bonds. The summed E-state index contributed by atoms with van der Waals surface area (Å²) >= 11 is 5.37. The molecule has 1 atom stereocenters. The maximum Gasteiger partial charge on any atom is 0.171 e. The van der Waals surface area contributed by atoms with Gasteiger partial charge in [0.05, 0.1) is 18.8 Å². The number of benzene rings is 2. The number of anilines is 1. The second-order valence-electron chi connectivity index (χ2n) is 4.93. The molecule has 3 nitrogen and oxygen atoms in total. The Morgan fingerprint density at radius 2 is 1.76 bits per heavy atom. The molecule has 4 heteroatoms. The van der Waals surface area contributed by atoms with Gasteiger partial charge in [-0.05, 0) is 43.8 Å². The SMILES string of the molecule is COc1ccccc1NC(=S)NC(C)c1ccc(C)cc1. The van der Waals surface area contributed by atoms with Crippen molar-refractivity contribution in [2.75, 3.05) is 12.4 Å². The van der Waals surface area contributed by atoms with Crippen LogP contribution in [-0.4, -0.2) is 12.2 Å². The predicted octanol–water partition coefficient (Wildman–Crippen LogP) is 4.05. The molecule has 0 aliphatic carbocycles. The summed E-state index contributed by atoms with van der Waals surface area (Å²) in [5.41, 5.74) is 3.30. The van der Waals surface area contributed by atoms with Crippen molar-refractivity contribution < 1.29 is 4.74 Å². The minimum absolute atomic E-state index is 0.139. The summed E-state index contributed by atoms with van der Waals surface area (Å²) < 4.78 is 5.30. The van der Waals surface area contributed by atoms with Crippen LogP contribution in [0.25, 0.3) is 0 Å². The molecule has 2 rings (SSSR count). The average Bonchev–Trinajstić information content (AvgIpc) is 2.48. The fourth-order valence-corrected chi connectivity index (χ4v) is 2.33. The molecule has 21 heavy (non-hydrogen) atoms. The number of thiocarbonyl (C=S) groups is 1. The molecule has 0 bridgehead atoms. The van der Waals surface area contributed by atoms with Crippen LogP contribution in [0.15, 0.2) is 48.5 Å². The van der Waals surface area contributed by atoms with Gasteiger partial charge >= 0.3 is 0 Å². The second kappa shape index (κ2) is 7.09. The summed E-state index contributed by atoms with van der Waals surface area (Å²) in [5.74, 6) is 0.768. The lowest BCUT2D eigenvalue weighted by atomic mass is 10.1. The van der Waals surface area contributed by atoms with E-state index in [4.69, 9.17) is 17.0 Å². The molecular formula is C17H20N2OS. The molecule has 0 fully saturated rings. The summed E-state index contributed by atoms with van der Waals surface area (Å²) in [4.78, 5) is 0. The van der Waals surface area contributed by atoms with Gasteiger partial charge in [-0.2, -0.15) is 0 Å². The number of nitrogens with one attached hydrogen (secondary N) is 2. The standard InChI is InChI=1S/C17H20N2OS/c1-12-8-10-14(11-9-12)13(2)18-17(21)19-15-6-4-5-7-16(15)20-3/h4-11,13H,1-3H3,(H2,18,19,21). The molecular weight excluding hydrogens is 280 g/mol. The Morgan fingerprint density at radius 1 is 1.10 bits per heavy atom. The molecule has 0 heterocycles. The van der Waals surface area contributed by atoms with Gasteiger partial charge in [0.2, 0.25) is 0 Å². The van der Waals surface area contributed by atoms with Gasteiger partial charge in [-0.25, -0.2) is 0 Å². The van der Waals surface area contributed by atoms with E-state index in [9.17, 15) is 0 Å². The number of hydrogen-bond donors (Lipinski definition) is 2. The zero-order valence-corrected chi connectivity index (χ0v) is 13.3. The highest BCUT2D eigenvalue weighted by atomic mass is 32.1. The summed E-state index contributed by atoms with van der Waals surface area (Å²) in [6, 6.07) is 16.3. The molecule has 0 radical (unpaired) electrons. The Labute approximate surface area is 131 Å². The predicted molar refractivity (Wildman–Crippen MR) is 91.9 cm³/mol. The minimum Gasteiger partial charge on any atom is -0.495 e. The molecule has 0 aliphatic heterocycles. The zero-order chi connectivity index (χ0) is 15.2. The van der Waals surface area contributed by atoms with Crippen LogP contribution in [0.1, 0.15) is 24.1 Å². The molecule has 0 saturated carbocycles. The van der Waals surface area contributed by atoms with Crippen LogP contribution in [0.5, 0.6) is 5.75 Å². The lowest BCUT2D eigenvalue weighted by Crippen LogP contribution is -2.31. The number of methoxy groups -OCH3 is 1. The van der Waals surface area contributed by atoms with Crippen LogP contribution < -0.4 is 15.4 Å². The first-order chi connectivity index (χ1) is 10.1. The summed E-state index contributed by atoms with van der Waals surface area (Å²) in [5, 5.41) is 7.03. The van der Waals surface area contributed by atoms with E-state index in [0.29, 0.717) is 5.11 Å². The van der Waals surface area contributed by atoms with E-state index in [1.165, 1.54) is 11.1 Å². The van der Waals surface area contributed by atoms with Gasteiger partial charge in [0.1, 0.15) is 5.75 Å². The van der Waals surface area contributed by atoms with E-state index in [-0.39, 0.29) is 6.04 Å². The lowest BCUT2D eigenvalue weighted by molar-refractivity contribution is 0.417. The minimum atomic E-state index is 0.139. The van der Waals surface area contributed by atoms with Crippen LogP contribution in [0.4, 0.5) is 5.69 Å². The molecule has 1 unspecified atom stereocenters. The van der Waals surface area contributed by atoms with E-state index in [0.717, 1.165) is 11.4 Å². The van der Waals surface area contributed by atoms with Gasteiger partial charge in [0, 0.05) is 0 Å². The number of ether oxygens (including phenoxy) is 1. The topological polar surface area (TPSA) is 33.3 Å². The van der Waals surface area contributed by atoms with Crippen molar-refractivity contribution >= 4 is 23.0 Å². The van der Waals surface area contributed by atoms with Gasteiger partial charge in [-0.3, -0.25) is 0 Å². The van der Waals surface area contributed by atoms with E-state index in [1.807, 2.05) is 24.3 Å². The summed E-state index contributed by atoms with van der Waals surface area (Å²) in [6.45, 7) is 4.16. The number of para-hydroxylation sites is 2. The largest absolute Gasteiger partial charge is 0.495 e. The van der Waals surface area contributed by atoms with Crippen molar-refractivity contribution in [2.24, 2.45) is 0 Å². The van der Waals surface area contributed by atoms with Crippen LogP contribution in [0, 0.1) is 6.92 Å². The third-order valence-corrected chi connectivity index (χ3v) is 3.50. The average molecular weight is 300 g/mol. The Kier molecular flexibility index (Phi) is 5.17. The Balaban J connectivity index is 1.99. The van der Waals surface area contributed by atoms with Gasteiger partial charge in [-0.15, -0.1) is 0 Å². The van der Waals surface area contributed by atoms with Gasteiger partial charge in [0.25, 0.3) is 0 Å². The van der Waals surface area contributed by atoms with Crippen molar-refractivity contribution in [1.82, 2.24) is 5.32 Å². The molecule has 0 aliphatic rings. The third kappa shape index (κ3) is 4.20. The fraction of sp³-hybridized carbons (Fsp3) is 0.235. The van der Waals surface area contributed by atoms with Crippen molar-refractivity contribution in [1.29, 1.82) is 0 Å². The van der Waals surface area contributed by atoms with Crippen molar-refractivity contribution in [2.45, 2.75) is 19.9 Å². The van der Waals surface area contributed by atoms with Gasteiger partial charge in [0.15, 0.2) is 5.11 Å². The second-order valence-corrected chi connectivity index (χ2v) is 5.34. The summed E-state index contributed by atoms with van der Waals surface area (Å²) in [6.07, 6.45) is 0. The maximum absolute atomic E-state index is 5.37. The smallest absolute Gasteiger partial charge is 0.171 e. The zero-order valence-electron chi connectivity index (χ0n) is 12.5. The van der Waals surface area contributed by atoms with E-state index < -0.39 is 0 Å². The van der Waals surface area contributed by atoms with Crippen molar-refractivity contribution in [3.63, 3.8) is 0 Å². The first-order valence-corrected chi connectivity index (χ1v) is 7.28. The van der Waals surface area contributed by atoms with Crippen LogP contribution in [-0.2, 0) is 0 Å². The Morgan fingerprint density at radius 3 is 2.43 bits per heavy atom. The van der Waals surface area contributed by atoms with Crippen molar-refractivity contribution in [3.8, 4) is 5.75 Å². The maximum atomic E-state index is 5.37. The highest BCUT2D eigenvalue weighted by molar-refractivity contribution is 7.80. The molecule has 110 valence electrons. The van der Waals surface area contributed by atoms with Crippen LogP contribution >= 0.6 is 12.2 Å². The lowest BCUT2D eigenvalue weighted by Gasteiger charge is -2.18. The highest BCUT2D eigenvalue weighted by Gasteiger charge is 2.08.